The van der Waals surface area contributed by atoms with Crippen molar-refractivity contribution in [2.45, 2.75) is 64.8 Å². The van der Waals surface area contributed by atoms with Crippen LogP contribution in [0.15, 0.2) is 54.6 Å². The van der Waals surface area contributed by atoms with Gasteiger partial charge in [-0.15, -0.1) is 0 Å². The molecule has 0 N–H and O–H groups in total. The summed E-state index contributed by atoms with van der Waals surface area (Å²) in [6.07, 6.45) is 9.27. The van der Waals surface area contributed by atoms with E-state index < -0.39 is 0 Å². The molecule has 2 aliphatic rings. The molecule has 0 spiro atoms. The number of fused-ring (bicyclic) bond motifs is 1. The highest BCUT2D eigenvalue weighted by Crippen LogP contribution is 2.32. The minimum absolute atomic E-state index is 0.104. The van der Waals surface area contributed by atoms with Crippen molar-refractivity contribution in [1.29, 1.82) is 0 Å². The Kier molecular flexibility index (Phi) is 7.41. The maximum atomic E-state index is 13.4. The number of hydrogen-bond acceptors (Lipinski definition) is 4. The molecule has 2 aromatic carbocycles. The number of benzene rings is 2. The minimum atomic E-state index is 0.104. The maximum absolute atomic E-state index is 13.4. The van der Waals surface area contributed by atoms with E-state index in [4.69, 9.17) is 9.97 Å². The van der Waals surface area contributed by atoms with E-state index in [1.807, 2.05) is 35.2 Å². The molecule has 0 radical (unpaired) electrons. The Bertz CT molecular complexity index is 1140. The molecule has 0 bridgehead atoms. The molecule has 2 aliphatic heterocycles. The van der Waals surface area contributed by atoms with Gasteiger partial charge in [0, 0.05) is 42.7 Å². The fourth-order valence-electron chi connectivity index (χ4n) is 5.23. The molecule has 1 fully saturated rings. The second kappa shape index (κ2) is 11.0. The molecule has 0 saturated carbocycles. The van der Waals surface area contributed by atoms with Crippen molar-refractivity contribution in [3.05, 3.63) is 77.0 Å². The van der Waals surface area contributed by atoms with Crippen LogP contribution >= 0.6 is 0 Å². The van der Waals surface area contributed by atoms with Crippen LogP contribution < -0.4 is 4.90 Å². The Morgan fingerprint density at radius 3 is 2.40 bits per heavy atom. The third-order valence-electron chi connectivity index (χ3n) is 7.28. The zero-order chi connectivity index (χ0) is 24.0. The summed E-state index contributed by atoms with van der Waals surface area (Å²) in [7, 11) is 0. The molecule has 3 aromatic rings. The Balaban J connectivity index is 1.35. The molecule has 0 unspecified atom stereocenters. The van der Waals surface area contributed by atoms with Crippen LogP contribution in [0.2, 0.25) is 0 Å². The van der Waals surface area contributed by atoms with Gasteiger partial charge in [0.25, 0.3) is 5.91 Å². The number of anilines is 1. The van der Waals surface area contributed by atoms with Crippen LogP contribution in [0.3, 0.4) is 0 Å². The number of carbonyl (C=O) groups excluding carboxylic acids is 1. The molecule has 1 saturated heterocycles. The van der Waals surface area contributed by atoms with Gasteiger partial charge >= 0.3 is 0 Å². The molecular weight excluding hydrogens is 432 g/mol. The lowest BCUT2D eigenvalue weighted by Gasteiger charge is -2.32. The van der Waals surface area contributed by atoms with Gasteiger partial charge in [-0.3, -0.25) is 4.79 Å². The van der Waals surface area contributed by atoms with E-state index in [1.165, 1.54) is 44.1 Å². The number of amides is 1. The Labute approximate surface area is 209 Å². The lowest BCUT2D eigenvalue weighted by molar-refractivity contribution is 0.0733. The van der Waals surface area contributed by atoms with Crippen LogP contribution in [-0.2, 0) is 19.4 Å². The number of rotatable bonds is 8. The lowest BCUT2D eigenvalue weighted by atomic mass is 10.0. The molecule has 1 amide bonds. The predicted molar refractivity (Wildman–Crippen MR) is 142 cm³/mol. The SMILES string of the molecule is CCCCCCc1ccc(C(=O)N2CCc3nc(-c4ccccc4)nc(N4CCCC4)c3C2)cc1. The number of unbranched alkanes of at least 4 members (excludes halogenated alkanes) is 3. The highest BCUT2D eigenvalue weighted by Gasteiger charge is 2.29. The standard InChI is InChI=1S/C30H36N4O/c1-2-3-4-6-11-23-14-16-25(17-15-23)30(35)34-21-18-27-26(22-34)29(33-19-9-10-20-33)32-28(31-27)24-12-7-5-8-13-24/h5,7-8,12-17H,2-4,6,9-11,18-22H2,1H3. The summed E-state index contributed by atoms with van der Waals surface area (Å²) in [6, 6.07) is 18.5. The van der Waals surface area contributed by atoms with E-state index >= 15 is 0 Å². The van der Waals surface area contributed by atoms with Crippen LogP contribution in [0.5, 0.6) is 0 Å². The van der Waals surface area contributed by atoms with E-state index in [1.54, 1.807) is 0 Å². The zero-order valence-electron chi connectivity index (χ0n) is 20.9. The largest absolute Gasteiger partial charge is 0.356 e. The molecule has 5 rings (SSSR count). The second-order valence-corrected chi connectivity index (χ2v) is 9.84. The van der Waals surface area contributed by atoms with Gasteiger partial charge < -0.3 is 9.80 Å². The van der Waals surface area contributed by atoms with Crippen molar-refractivity contribution in [2.75, 3.05) is 24.5 Å². The van der Waals surface area contributed by atoms with E-state index in [0.29, 0.717) is 13.1 Å². The lowest BCUT2D eigenvalue weighted by Crippen LogP contribution is -2.38. The molecule has 5 nitrogen and oxygen atoms in total. The first kappa shape index (κ1) is 23.5. The van der Waals surface area contributed by atoms with Crippen molar-refractivity contribution >= 4 is 11.7 Å². The quantitative estimate of drug-likeness (QED) is 0.377. The van der Waals surface area contributed by atoms with E-state index in [0.717, 1.165) is 60.0 Å². The molecule has 1 aromatic heterocycles. The molecule has 0 aliphatic carbocycles. The Morgan fingerprint density at radius 1 is 0.886 bits per heavy atom. The van der Waals surface area contributed by atoms with Crippen molar-refractivity contribution in [2.24, 2.45) is 0 Å². The molecule has 0 atom stereocenters. The van der Waals surface area contributed by atoms with Crippen LogP contribution in [-0.4, -0.2) is 40.4 Å². The highest BCUT2D eigenvalue weighted by atomic mass is 16.2. The summed E-state index contributed by atoms with van der Waals surface area (Å²) in [6.45, 7) is 5.54. The van der Waals surface area contributed by atoms with Crippen molar-refractivity contribution in [3.8, 4) is 11.4 Å². The summed E-state index contributed by atoms with van der Waals surface area (Å²) in [5, 5.41) is 0. The molecule has 3 heterocycles. The zero-order valence-corrected chi connectivity index (χ0v) is 20.9. The minimum Gasteiger partial charge on any atom is -0.356 e. The summed E-state index contributed by atoms with van der Waals surface area (Å²) in [5.41, 5.74) is 5.35. The van der Waals surface area contributed by atoms with Crippen LogP contribution in [0.25, 0.3) is 11.4 Å². The van der Waals surface area contributed by atoms with E-state index in [9.17, 15) is 4.79 Å². The summed E-state index contributed by atoms with van der Waals surface area (Å²) >= 11 is 0. The third-order valence-corrected chi connectivity index (χ3v) is 7.28. The number of hydrogen-bond donors (Lipinski definition) is 0. The van der Waals surface area contributed by atoms with Crippen molar-refractivity contribution < 1.29 is 4.79 Å². The predicted octanol–water partition coefficient (Wildman–Crippen LogP) is 6.07. The molecule has 5 heteroatoms. The first-order valence-corrected chi connectivity index (χ1v) is 13.3. The van der Waals surface area contributed by atoms with Crippen LogP contribution in [0.1, 0.15) is 72.6 Å². The van der Waals surface area contributed by atoms with Crippen molar-refractivity contribution in [1.82, 2.24) is 14.9 Å². The summed E-state index contributed by atoms with van der Waals surface area (Å²) < 4.78 is 0. The van der Waals surface area contributed by atoms with Gasteiger partial charge in [0.05, 0.1) is 12.2 Å². The number of carbonyl (C=O) groups is 1. The maximum Gasteiger partial charge on any atom is 0.254 e. The fourth-order valence-corrected chi connectivity index (χ4v) is 5.23. The number of aromatic nitrogens is 2. The molecular formula is C30H36N4O. The van der Waals surface area contributed by atoms with E-state index in [2.05, 4.69) is 36.1 Å². The molecule has 182 valence electrons. The molecule has 35 heavy (non-hydrogen) atoms. The average molecular weight is 469 g/mol. The number of aryl methyl sites for hydroxylation is 1. The average Bonchev–Trinajstić information content (AvgIpc) is 3.46. The summed E-state index contributed by atoms with van der Waals surface area (Å²) in [5.74, 6) is 1.92. The monoisotopic (exact) mass is 468 g/mol. The van der Waals surface area contributed by atoms with Gasteiger partial charge in [-0.05, 0) is 43.4 Å². The number of nitrogens with zero attached hydrogens (tertiary/aromatic N) is 4. The fraction of sp³-hybridized carbons (Fsp3) is 0.433. The highest BCUT2D eigenvalue weighted by molar-refractivity contribution is 5.94. The smallest absolute Gasteiger partial charge is 0.254 e. The first-order valence-electron chi connectivity index (χ1n) is 13.3. The van der Waals surface area contributed by atoms with Gasteiger partial charge in [-0.1, -0.05) is 68.7 Å². The van der Waals surface area contributed by atoms with Crippen LogP contribution in [0.4, 0.5) is 5.82 Å². The van der Waals surface area contributed by atoms with Gasteiger partial charge in [0.1, 0.15) is 5.82 Å². The van der Waals surface area contributed by atoms with Gasteiger partial charge in [-0.25, -0.2) is 9.97 Å². The Morgan fingerprint density at radius 2 is 1.66 bits per heavy atom. The first-order chi connectivity index (χ1) is 17.2. The topological polar surface area (TPSA) is 49.3 Å². The van der Waals surface area contributed by atoms with Gasteiger partial charge in [0.2, 0.25) is 0 Å². The van der Waals surface area contributed by atoms with E-state index in [-0.39, 0.29) is 5.91 Å². The van der Waals surface area contributed by atoms with Crippen LogP contribution in [0, 0.1) is 0 Å². The third kappa shape index (κ3) is 5.39. The van der Waals surface area contributed by atoms with Crippen molar-refractivity contribution in [3.63, 3.8) is 0 Å². The van der Waals surface area contributed by atoms with Gasteiger partial charge in [-0.2, -0.15) is 0 Å². The summed E-state index contributed by atoms with van der Waals surface area (Å²) in [4.78, 5) is 27.8. The Hall–Kier alpha value is -3.21. The van der Waals surface area contributed by atoms with Gasteiger partial charge in [0.15, 0.2) is 5.82 Å². The normalized spacial score (nSPS) is 15.3. The second-order valence-electron chi connectivity index (χ2n) is 9.84.